The summed E-state index contributed by atoms with van der Waals surface area (Å²) in [5.74, 6) is -0.626. The summed E-state index contributed by atoms with van der Waals surface area (Å²) in [6, 6.07) is 17.2. The normalized spacial score (nSPS) is 16.6. The van der Waals surface area contributed by atoms with E-state index in [2.05, 4.69) is 5.32 Å². The molecule has 0 aliphatic carbocycles. The maximum absolute atomic E-state index is 13.0. The largest absolute Gasteiger partial charge is 0.462 e. The lowest BCUT2D eigenvalue weighted by Crippen LogP contribution is -2.39. The van der Waals surface area contributed by atoms with Gasteiger partial charge in [-0.3, -0.25) is 4.79 Å². The number of anilines is 1. The molecule has 9 heteroatoms. The van der Waals surface area contributed by atoms with Gasteiger partial charge in [-0.2, -0.15) is 4.31 Å². The number of sulfonamides is 1. The highest BCUT2D eigenvalue weighted by molar-refractivity contribution is 7.89. The van der Waals surface area contributed by atoms with Gasteiger partial charge >= 0.3 is 5.97 Å². The van der Waals surface area contributed by atoms with Crippen molar-refractivity contribution in [1.82, 2.24) is 4.31 Å². The van der Waals surface area contributed by atoms with E-state index >= 15 is 0 Å². The monoisotopic (exact) mass is 512 g/mol. The van der Waals surface area contributed by atoms with Gasteiger partial charge in [0.15, 0.2) is 0 Å². The van der Waals surface area contributed by atoms with Gasteiger partial charge in [0.25, 0.3) is 5.91 Å². The Morgan fingerprint density at radius 1 is 1.11 bits per heavy atom. The van der Waals surface area contributed by atoms with Crippen LogP contribution in [0.3, 0.4) is 0 Å². The molecule has 3 aromatic rings. The maximum Gasteiger partial charge on any atom is 0.350 e. The fourth-order valence-corrected chi connectivity index (χ4v) is 6.67. The van der Waals surface area contributed by atoms with E-state index in [9.17, 15) is 18.0 Å². The van der Waals surface area contributed by atoms with Crippen LogP contribution in [-0.2, 0) is 14.8 Å². The number of hydrogen-bond donors (Lipinski definition) is 1. The molecule has 7 nitrogen and oxygen atoms in total. The van der Waals surface area contributed by atoms with Crippen LogP contribution in [0.25, 0.3) is 10.4 Å². The van der Waals surface area contributed by atoms with Crippen LogP contribution in [0.2, 0.25) is 0 Å². The van der Waals surface area contributed by atoms with E-state index in [-0.39, 0.29) is 11.5 Å². The van der Waals surface area contributed by atoms with Gasteiger partial charge in [0.1, 0.15) is 4.88 Å². The van der Waals surface area contributed by atoms with Crippen LogP contribution in [0.4, 0.5) is 5.69 Å². The quantitative estimate of drug-likeness (QED) is 0.436. The van der Waals surface area contributed by atoms with Gasteiger partial charge < -0.3 is 10.1 Å². The van der Waals surface area contributed by atoms with Crippen LogP contribution in [0.1, 0.15) is 46.7 Å². The van der Waals surface area contributed by atoms with Crippen LogP contribution in [0.5, 0.6) is 0 Å². The van der Waals surface area contributed by atoms with Crippen molar-refractivity contribution >= 4 is 38.9 Å². The zero-order valence-corrected chi connectivity index (χ0v) is 21.3. The standard InChI is InChI=1S/C26H28N2O5S2/c1-3-33-26(30)24-22(16-23(34-24)19-9-5-4-6-10-19)27-25(29)20-11-13-21(14-12-20)35(31,32)28-15-7-8-18(2)17-28/h4-6,9-14,16,18H,3,7-8,15,17H2,1-2H3,(H,27,29). The third-order valence-electron chi connectivity index (χ3n) is 5.87. The zero-order chi connectivity index (χ0) is 25.0. The average molecular weight is 513 g/mol. The van der Waals surface area contributed by atoms with E-state index in [4.69, 9.17) is 4.74 Å². The topological polar surface area (TPSA) is 92.8 Å². The highest BCUT2D eigenvalue weighted by Crippen LogP contribution is 2.35. The molecule has 1 N–H and O–H groups in total. The molecule has 1 unspecified atom stereocenters. The smallest absolute Gasteiger partial charge is 0.350 e. The molecule has 2 heterocycles. The van der Waals surface area contributed by atoms with Crippen molar-refractivity contribution in [3.8, 4) is 10.4 Å². The number of benzene rings is 2. The third-order valence-corrected chi connectivity index (χ3v) is 8.92. The summed E-state index contributed by atoms with van der Waals surface area (Å²) < 4.78 is 32.7. The van der Waals surface area contributed by atoms with E-state index in [1.807, 2.05) is 37.3 Å². The van der Waals surface area contributed by atoms with Crippen molar-refractivity contribution in [3.05, 3.63) is 71.1 Å². The SMILES string of the molecule is CCOC(=O)c1sc(-c2ccccc2)cc1NC(=O)c1ccc(S(=O)(=O)N2CCCC(C)C2)cc1. The van der Waals surface area contributed by atoms with Crippen LogP contribution < -0.4 is 5.32 Å². The first kappa shape index (κ1) is 25.1. The van der Waals surface area contributed by atoms with Gasteiger partial charge in [0.05, 0.1) is 17.2 Å². The number of nitrogens with zero attached hydrogens (tertiary/aromatic N) is 1. The number of carbonyl (C=O) groups excluding carboxylic acids is 2. The van der Waals surface area contributed by atoms with E-state index in [1.165, 1.54) is 39.9 Å². The highest BCUT2D eigenvalue weighted by atomic mass is 32.2. The van der Waals surface area contributed by atoms with Crippen LogP contribution in [-0.4, -0.2) is 44.3 Å². The van der Waals surface area contributed by atoms with Gasteiger partial charge in [-0.1, -0.05) is 37.3 Å². The lowest BCUT2D eigenvalue weighted by molar-refractivity contribution is 0.0533. The molecule has 184 valence electrons. The minimum absolute atomic E-state index is 0.164. The first-order valence-corrected chi connectivity index (χ1v) is 13.8. The Morgan fingerprint density at radius 3 is 2.49 bits per heavy atom. The Balaban J connectivity index is 1.55. The van der Waals surface area contributed by atoms with Gasteiger partial charge in [-0.05, 0) is 61.6 Å². The van der Waals surface area contributed by atoms with Crippen LogP contribution >= 0.6 is 11.3 Å². The molecule has 0 spiro atoms. The Hall–Kier alpha value is -3.01. The van der Waals surface area contributed by atoms with Gasteiger partial charge in [0.2, 0.25) is 10.0 Å². The number of piperidine rings is 1. The van der Waals surface area contributed by atoms with E-state index < -0.39 is 21.9 Å². The lowest BCUT2D eigenvalue weighted by atomic mass is 10.0. The van der Waals surface area contributed by atoms with Crippen molar-refractivity contribution in [1.29, 1.82) is 0 Å². The highest BCUT2D eigenvalue weighted by Gasteiger charge is 2.29. The summed E-state index contributed by atoms with van der Waals surface area (Å²) in [6.45, 7) is 5.00. The fraction of sp³-hybridized carbons (Fsp3) is 0.308. The van der Waals surface area contributed by atoms with Crippen molar-refractivity contribution in [2.45, 2.75) is 31.6 Å². The molecule has 1 aromatic heterocycles. The fourth-order valence-electron chi connectivity index (χ4n) is 4.06. The first-order chi connectivity index (χ1) is 16.8. The number of rotatable bonds is 7. The average Bonchev–Trinajstić information content (AvgIpc) is 3.28. The van der Waals surface area contributed by atoms with E-state index in [0.29, 0.717) is 35.1 Å². The molecule has 1 fully saturated rings. The molecule has 1 atom stereocenters. The second-order valence-corrected chi connectivity index (χ2v) is 11.5. The minimum Gasteiger partial charge on any atom is -0.462 e. The summed E-state index contributed by atoms with van der Waals surface area (Å²) >= 11 is 1.25. The Labute approximate surface area is 209 Å². The summed E-state index contributed by atoms with van der Waals surface area (Å²) in [4.78, 5) is 26.8. The number of amides is 1. The van der Waals surface area contributed by atoms with E-state index in [0.717, 1.165) is 23.3 Å². The molecule has 1 saturated heterocycles. The molecule has 0 bridgehead atoms. The molecule has 2 aromatic carbocycles. The van der Waals surface area contributed by atoms with Crippen molar-refractivity contribution in [2.75, 3.05) is 25.0 Å². The predicted molar refractivity (Wildman–Crippen MR) is 137 cm³/mol. The van der Waals surface area contributed by atoms with Crippen LogP contribution in [0, 0.1) is 5.92 Å². The summed E-state index contributed by atoms with van der Waals surface area (Å²) in [5, 5.41) is 2.79. The molecule has 1 amide bonds. The number of thiophene rings is 1. The molecular formula is C26H28N2O5S2. The number of ether oxygens (including phenoxy) is 1. The third kappa shape index (κ3) is 5.63. The number of esters is 1. The Kier molecular flexibility index (Phi) is 7.69. The van der Waals surface area contributed by atoms with Crippen LogP contribution in [0.15, 0.2) is 65.6 Å². The molecule has 0 saturated carbocycles. The summed E-state index contributed by atoms with van der Waals surface area (Å²) in [7, 11) is -3.61. The molecular weight excluding hydrogens is 484 g/mol. The van der Waals surface area contributed by atoms with Crippen molar-refractivity contribution in [3.63, 3.8) is 0 Å². The Bertz CT molecular complexity index is 1300. The van der Waals surface area contributed by atoms with Gasteiger partial charge in [0, 0.05) is 23.5 Å². The second kappa shape index (κ2) is 10.7. The summed E-state index contributed by atoms with van der Waals surface area (Å²) in [6.07, 6.45) is 1.86. The number of hydrogen-bond acceptors (Lipinski definition) is 6. The number of carbonyl (C=O) groups is 2. The van der Waals surface area contributed by atoms with Gasteiger partial charge in [-0.25, -0.2) is 13.2 Å². The summed E-state index contributed by atoms with van der Waals surface area (Å²) in [5.41, 5.74) is 1.57. The molecule has 35 heavy (non-hydrogen) atoms. The first-order valence-electron chi connectivity index (χ1n) is 11.6. The maximum atomic E-state index is 13.0. The van der Waals surface area contributed by atoms with Gasteiger partial charge in [-0.15, -0.1) is 11.3 Å². The number of nitrogens with one attached hydrogen (secondary N) is 1. The lowest BCUT2D eigenvalue weighted by Gasteiger charge is -2.30. The van der Waals surface area contributed by atoms with Crippen molar-refractivity contribution < 1.29 is 22.7 Å². The second-order valence-electron chi connectivity index (χ2n) is 8.53. The molecule has 4 rings (SSSR count). The Morgan fingerprint density at radius 2 is 1.83 bits per heavy atom. The predicted octanol–water partition coefficient (Wildman–Crippen LogP) is 5.26. The molecule has 1 aliphatic heterocycles. The molecule has 1 aliphatic rings. The van der Waals surface area contributed by atoms with Crippen molar-refractivity contribution in [2.24, 2.45) is 5.92 Å². The minimum atomic E-state index is -3.61. The van der Waals surface area contributed by atoms with E-state index in [1.54, 1.807) is 13.0 Å². The zero-order valence-electron chi connectivity index (χ0n) is 19.7. The molecule has 0 radical (unpaired) electrons.